The Morgan fingerprint density at radius 3 is 2.56 bits per heavy atom. The summed E-state index contributed by atoms with van der Waals surface area (Å²) in [6.07, 6.45) is -1.45. The first kappa shape index (κ1) is 19.2. The van der Waals surface area contributed by atoms with Gasteiger partial charge >= 0.3 is 6.09 Å². The second-order valence-corrected chi connectivity index (χ2v) is 8.51. The van der Waals surface area contributed by atoms with Gasteiger partial charge in [0.15, 0.2) is 9.84 Å². The molecule has 3 rings (SSSR count). The van der Waals surface area contributed by atoms with Crippen LogP contribution in [-0.4, -0.2) is 33.4 Å². The van der Waals surface area contributed by atoms with Crippen molar-refractivity contribution in [2.45, 2.75) is 31.8 Å². The Morgan fingerprint density at radius 1 is 1.19 bits per heavy atom. The Labute approximate surface area is 160 Å². The summed E-state index contributed by atoms with van der Waals surface area (Å²) in [6, 6.07) is 12.4. The highest BCUT2D eigenvalue weighted by Gasteiger charge is 2.36. The van der Waals surface area contributed by atoms with Gasteiger partial charge < -0.3 is 9.64 Å². The van der Waals surface area contributed by atoms with Crippen molar-refractivity contribution in [2.75, 3.05) is 29.1 Å². The molecule has 0 spiro atoms. The summed E-state index contributed by atoms with van der Waals surface area (Å²) < 4.78 is 29.8. The van der Waals surface area contributed by atoms with Gasteiger partial charge in [0.05, 0.1) is 10.6 Å². The molecule has 1 unspecified atom stereocenters. The average molecular weight is 388 g/mol. The maximum absolute atomic E-state index is 12.3. The van der Waals surface area contributed by atoms with Crippen LogP contribution in [0.15, 0.2) is 47.4 Å². The monoisotopic (exact) mass is 388 g/mol. The van der Waals surface area contributed by atoms with Crippen LogP contribution < -0.4 is 10.2 Å². The van der Waals surface area contributed by atoms with Crippen molar-refractivity contribution in [1.29, 1.82) is 0 Å². The third-order valence-electron chi connectivity index (χ3n) is 4.80. The molecule has 27 heavy (non-hydrogen) atoms. The van der Waals surface area contributed by atoms with E-state index in [0.717, 1.165) is 24.3 Å². The van der Waals surface area contributed by atoms with E-state index >= 15 is 0 Å². The SMILES string of the molecule is CCN(CC)c1ccc(NC(=O)OC2CS(=O)(=O)c3ccccc32)c(C)c1. The number of hydrogen-bond acceptors (Lipinski definition) is 5. The summed E-state index contributed by atoms with van der Waals surface area (Å²) in [5.41, 5.74) is 3.18. The molecule has 0 saturated heterocycles. The van der Waals surface area contributed by atoms with E-state index < -0.39 is 22.0 Å². The smallest absolute Gasteiger partial charge is 0.412 e. The molecule has 0 aromatic heterocycles. The zero-order chi connectivity index (χ0) is 19.6. The highest BCUT2D eigenvalue weighted by molar-refractivity contribution is 7.91. The Hall–Kier alpha value is -2.54. The number of rotatable bonds is 5. The molecule has 0 bridgehead atoms. The lowest BCUT2D eigenvalue weighted by Gasteiger charge is -2.22. The molecule has 0 aliphatic carbocycles. The summed E-state index contributed by atoms with van der Waals surface area (Å²) in [7, 11) is -3.41. The highest BCUT2D eigenvalue weighted by Crippen LogP contribution is 2.35. The molecule has 1 amide bonds. The van der Waals surface area contributed by atoms with Gasteiger partial charge in [0.1, 0.15) is 6.10 Å². The zero-order valence-electron chi connectivity index (χ0n) is 15.7. The first-order valence-corrected chi connectivity index (χ1v) is 10.7. The topological polar surface area (TPSA) is 75.7 Å². The summed E-state index contributed by atoms with van der Waals surface area (Å²) in [4.78, 5) is 14.8. The van der Waals surface area contributed by atoms with Gasteiger partial charge in [-0.2, -0.15) is 0 Å². The Morgan fingerprint density at radius 2 is 1.89 bits per heavy atom. The molecule has 0 fully saturated rings. The number of nitrogens with one attached hydrogen (secondary N) is 1. The van der Waals surface area contributed by atoms with Crippen molar-refractivity contribution >= 4 is 27.3 Å². The fourth-order valence-corrected chi connectivity index (χ4v) is 5.02. The number of benzene rings is 2. The zero-order valence-corrected chi connectivity index (χ0v) is 16.5. The second kappa shape index (κ2) is 7.60. The molecule has 2 aromatic carbocycles. The number of anilines is 2. The summed E-state index contributed by atoms with van der Waals surface area (Å²) in [5, 5.41) is 2.72. The molecule has 1 N–H and O–H groups in total. The number of carbonyl (C=O) groups excluding carboxylic acids is 1. The Balaban J connectivity index is 1.72. The van der Waals surface area contributed by atoms with Crippen LogP contribution in [0.3, 0.4) is 0 Å². The molecule has 2 aromatic rings. The first-order chi connectivity index (χ1) is 12.9. The lowest BCUT2D eigenvalue weighted by Crippen LogP contribution is -2.22. The molecule has 0 saturated carbocycles. The molecule has 7 heteroatoms. The minimum atomic E-state index is -3.41. The number of sulfone groups is 1. The molecule has 0 radical (unpaired) electrons. The van der Waals surface area contributed by atoms with Gasteiger partial charge in [0.25, 0.3) is 0 Å². The van der Waals surface area contributed by atoms with E-state index in [9.17, 15) is 13.2 Å². The minimum Gasteiger partial charge on any atom is -0.440 e. The van der Waals surface area contributed by atoms with Gasteiger partial charge in [-0.25, -0.2) is 13.2 Å². The molecular weight excluding hydrogens is 364 g/mol. The van der Waals surface area contributed by atoms with E-state index in [1.165, 1.54) is 0 Å². The van der Waals surface area contributed by atoms with Gasteiger partial charge in [-0.15, -0.1) is 0 Å². The third kappa shape index (κ3) is 3.93. The number of ether oxygens (including phenoxy) is 1. The molecule has 1 aliphatic rings. The first-order valence-electron chi connectivity index (χ1n) is 9.00. The quantitative estimate of drug-likeness (QED) is 0.840. The van der Waals surface area contributed by atoms with Crippen molar-refractivity contribution in [3.05, 3.63) is 53.6 Å². The number of nitrogens with zero attached hydrogens (tertiary/aromatic N) is 1. The average Bonchev–Trinajstić information content (AvgIpc) is 2.89. The fourth-order valence-electron chi connectivity index (χ4n) is 3.35. The largest absolute Gasteiger partial charge is 0.440 e. The molecule has 144 valence electrons. The fraction of sp³-hybridized carbons (Fsp3) is 0.350. The van der Waals surface area contributed by atoms with E-state index in [-0.39, 0.29) is 10.6 Å². The number of fused-ring (bicyclic) bond motifs is 1. The van der Waals surface area contributed by atoms with Crippen LogP contribution in [0.5, 0.6) is 0 Å². The summed E-state index contributed by atoms with van der Waals surface area (Å²) in [5.74, 6) is -0.223. The second-order valence-electron chi connectivity index (χ2n) is 6.51. The molecule has 1 aliphatic heterocycles. The standard InChI is InChI=1S/C20H24N2O4S/c1-4-22(5-2)15-10-11-17(14(3)12-15)21-20(23)26-18-13-27(24,25)19-9-7-6-8-16(18)19/h6-12,18H,4-5,13H2,1-3H3,(H,21,23). The van der Waals surface area contributed by atoms with E-state index in [1.54, 1.807) is 24.3 Å². The molecule has 1 atom stereocenters. The lowest BCUT2D eigenvalue weighted by molar-refractivity contribution is 0.123. The maximum Gasteiger partial charge on any atom is 0.412 e. The number of hydrogen-bond donors (Lipinski definition) is 1. The van der Waals surface area contributed by atoms with E-state index in [4.69, 9.17) is 4.74 Å². The van der Waals surface area contributed by atoms with E-state index in [2.05, 4.69) is 24.1 Å². The Kier molecular flexibility index (Phi) is 5.41. The lowest BCUT2D eigenvalue weighted by atomic mass is 10.1. The van der Waals surface area contributed by atoms with Gasteiger partial charge in [0, 0.05) is 30.0 Å². The predicted octanol–water partition coefficient (Wildman–Crippen LogP) is 3.92. The van der Waals surface area contributed by atoms with Crippen molar-refractivity contribution in [3.63, 3.8) is 0 Å². The van der Waals surface area contributed by atoms with Crippen molar-refractivity contribution in [2.24, 2.45) is 0 Å². The van der Waals surface area contributed by atoms with Crippen LogP contribution in [-0.2, 0) is 14.6 Å². The van der Waals surface area contributed by atoms with Gasteiger partial charge in [-0.1, -0.05) is 18.2 Å². The molecular formula is C20H24N2O4S. The van der Waals surface area contributed by atoms with Crippen molar-refractivity contribution in [3.8, 4) is 0 Å². The van der Waals surface area contributed by atoms with E-state index in [1.807, 2.05) is 25.1 Å². The van der Waals surface area contributed by atoms with Crippen LogP contribution in [0.25, 0.3) is 0 Å². The maximum atomic E-state index is 12.3. The normalized spacial score (nSPS) is 17.2. The van der Waals surface area contributed by atoms with Crippen LogP contribution in [0.2, 0.25) is 0 Å². The summed E-state index contributed by atoms with van der Waals surface area (Å²) in [6.45, 7) is 7.91. The predicted molar refractivity (Wildman–Crippen MR) is 106 cm³/mol. The van der Waals surface area contributed by atoms with Gasteiger partial charge in [-0.3, -0.25) is 5.32 Å². The third-order valence-corrected chi connectivity index (χ3v) is 6.58. The Bertz CT molecular complexity index is 952. The van der Waals surface area contributed by atoms with Crippen LogP contribution in [0.4, 0.5) is 16.2 Å². The van der Waals surface area contributed by atoms with Crippen molar-refractivity contribution < 1.29 is 17.9 Å². The van der Waals surface area contributed by atoms with Crippen LogP contribution >= 0.6 is 0 Å². The van der Waals surface area contributed by atoms with Crippen LogP contribution in [0, 0.1) is 6.92 Å². The van der Waals surface area contributed by atoms with Crippen LogP contribution in [0.1, 0.15) is 31.1 Å². The number of aryl methyl sites for hydroxylation is 1. The molecule has 1 heterocycles. The van der Waals surface area contributed by atoms with Gasteiger partial charge in [-0.05, 0) is 50.6 Å². The van der Waals surface area contributed by atoms with E-state index in [0.29, 0.717) is 11.3 Å². The minimum absolute atomic E-state index is 0.223. The number of carbonyl (C=O) groups is 1. The van der Waals surface area contributed by atoms with Crippen molar-refractivity contribution in [1.82, 2.24) is 0 Å². The molecule has 6 nitrogen and oxygen atoms in total. The summed E-state index contributed by atoms with van der Waals surface area (Å²) >= 11 is 0. The number of amides is 1. The van der Waals surface area contributed by atoms with Gasteiger partial charge in [0.2, 0.25) is 0 Å². The highest BCUT2D eigenvalue weighted by atomic mass is 32.2.